The van der Waals surface area contributed by atoms with Crippen molar-refractivity contribution in [2.75, 3.05) is 7.11 Å². The van der Waals surface area contributed by atoms with Gasteiger partial charge < -0.3 is 4.74 Å². The van der Waals surface area contributed by atoms with Gasteiger partial charge in [-0.15, -0.1) is 0 Å². The normalized spacial score (nSPS) is 23.5. The van der Waals surface area contributed by atoms with Crippen LogP contribution in [0.4, 0.5) is 0 Å². The Morgan fingerprint density at radius 2 is 2.33 bits per heavy atom. The monoisotopic (exact) mass is 226 g/mol. The SMILES string of the molecule is COC(=O)C1=CC2=NNC(=O)C2C(Cl)=C1. The van der Waals surface area contributed by atoms with E-state index in [1.807, 2.05) is 0 Å². The number of hydrogen-bond donors (Lipinski definition) is 1. The van der Waals surface area contributed by atoms with E-state index in [4.69, 9.17) is 11.6 Å². The van der Waals surface area contributed by atoms with Gasteiger partial charge in [-0.05, 0) is 12.2 Å². The van der Waals surface area contributed by atoms with Crippen LogP contribution in [0.25, 0.3) is 0 Å². The largest absolute Gasteiger partial charge is 0.465 e. The number of halogens is 1. The van der Waals surface area contributed by atoms with Crippen LogP contribution in [0, 0.1) is 5.92 Å². The summed E-state index contributed by atoms with van der Waals surface area (Å²) in [5.41, 5.74) is 3.02. The van der Waals surface area contributed by atoms with Gasteiger partial charge in [0.25, 0.3) is 5.91 Å². The molecule has 0 bridgehead atoms. The van der Waals surface area contributed by atoms with Crippen molar-refractivity contribution in [2.45, 2.75) is 0 Å². The van der Waals surface area contributed by atoms with Crippen molar-refractivity contribution in [1.29, 1.82) is 0 Å². The molecule has 2 aliphatic rings. The number of carbonyl (C=O) groups excluding carboxylic acids is 2. The number of nitrogens with zero attached hydrogens (tertiary/aromatic N) is 1. The maximum Gasteiger partial charge on any atom is 0.337 e. The molecular weight excluding hydrogens is 220 g/mol. The maximum absolute atomic E-state index is 11.3. The highest BCUT2D eigenvalue weighted by Crippen LogP contribution is 2.28. The van der Waals surface area contributed by atoms with Crippen LogP contribution in [0.1, 0.15) is 0 Å². The quantitative estimate of drug-likeness (QED) is 0.655. The average molecular weight is 227 g/mol. The lowest BCUT2D eigenvalue weighted by Gasteiger charge is -2.13. The zero-order valence-corrected chi connectivity index (χ0v) is 8.54. The molecule has 6 heteroatoms. The Morgan fingerprint density at radius 1 is 1.60 bits per heavy atom. The number of carbonyl (C=O) groups is 2. The fraction of sp³-hybridized carbons (Fsp3) is 0.222. The van der Waals surface area contributed by atoms with Gasteiger partial charge in [-0.3, -0.25) is 4.79 Å². The second kappa shape index (κ2) is 3.51. The van der Waals surface area contributed by atoms with Crippen LogP contribution < -0.4 is 5.43 Å². The average Bonchev–Trinajstić information content (AvgIpc) is 2.59. The molecule has 0 aromatic rings. The summed E-state index contributed by atoms with van der Waals surface area (Å²) in [4.78, 5) is 22.5. The van der Waals surface area contributed by atoms with Crippen molar-refractivity contribution in [3.8, 4) is 0 Å². The molecule has 0 aromatic carbocycles. The van der Waals surface area contributed by atoms with Crippen molar-refractivity contribution in [2.24, 2.45) is 11.0 Å². The Balaban J connectivity index is 2.38. The van der Waals surface area contributed by atoms with E-state index >= 15 is 0 Å². The zero-order chi connectivity index (χ0) is 11.0. The molecule has 1 heterocycles. The third kappa shape index (κ3) is 1.55. The van der Waals surface area contributed by atoms with Crippen molar-refractivity contribution < 1.29 is 14.3 Å². The predicted molar refractivity (Wildman–Crippen MR) is 53.1 cm³/mol. The minimum atomic E-state index is -0.583. The van der Waals surface area contributed by atoms with Gasteiger partial charge in [-0.25, -0.2) is 10.2 Å². The third-order valence-corrected chi connectivity index (χ3v) is 2.47. The van der Waals surface area contributed by atoms with E-state index in [0.29, 0.717) is 5.71 Å². The number of nitrogens with one attached hydrogen (secondary N) is 1. The van der Waals surface area contributed by atoms with Crippen LogP contribution in [0.3, 0.4) is 0 Å². The summed E-state index contributed by atoms with van der Waals surface area (Å²) in [7, 11) is 1.27. The second-order valence-electron chi connectivity index (χ2n) is 3.07. The van der Waals surface area contributed by atoms with Crippen molar-refractivity contribution in [3.63, 3.8) is 0 Å². The lowest BCUT2D eigenvalue weighted by molar-refractivity contribution is -0.135. The first-order valence-electron chi connectivity index (χ1n) is 4.18. The molecule has 78 valence electrons. The Bertz CT molecular complexity index is 437. The zero-order valence-electron chi connectivity index (χ0n) is 7.78. The molecule has 0 fully saturated rings. The first-order chi connectivity index (χ1) is 7.13. The van der Waals surface area contributed by atoms with Crippen LogP contribution in [0.5, 0.6) is 0 Å². The number of ether oxygens (including phenoxy) is 1. The van der Waals surface area contributed by atoms with Gasteiger partial charge in [-0.2, -0.15) is 5.10 Å². The van der Waals surface area contributed by atoms with Crippen LogP contribution >= 0.6 is 11.6 Å². The maximum atomic E-state index is 11.3. The van der Waals surface area contributed by atoms with E-state index in [1.165, 1.54) is 19.3 Å². The van der Waals surface area contributed by atoms with Gasteiger partial charge in [0.15, 0.2) is 0 Å². The molecule has 0 aromatic heterocycles. The summed E-state index contributed by atoms with van der Waals surface area (Å²) in [6.07, 6.45) is 2.91. The smallest absolute Gasteiger partial charge is 0.337 e. The highest BCUT2D eigenvalue weighted by atomic mass is 35.5. The molecule has 0 saturated carbocycles. The molecule has 0 saturated heterocycles. The topological polar surface area (TPSA) is 67.8 Å². The van der Waals surface area contributed by atoms with E-state index in [-0.39, 0.29) is 16.5 Å². The summed E-state index contributed by atoms with van der Waals surface area (Å²) in [5, 5.41) is 4.03. The van der Waals surface area contributed by atoms with Gasteiger partial charge in [-0.1, -0.05) is 11.6 Å². The molecular formula is C9H7ClN2O3. The minimum Gasteiger partial charge on any atom is -0.465 e. The van der Waals surface area contributed by atoms with Crippen LogP contribution in [-0.4, -0.2) is 24.7 Å². The Labute approximate surface area is 90.4 Å². The lowest BCUT2D eigenvalue weighted by atomic mass is 9.94. The predicted octanol–water partition coefficient (Wildman–Crippen LogP) is 0.324. The molecule has 15 heavy (non-hydrogen) atoms. The number of methoxy groups -OCH3 is 1. The Morgan fingerprint density at radius 3 is 3.00 bits per heavy atom. The number of rotatable bonds is 1. The molecule has 2 rings (SSSR count). The third-order valence-electron chi connectivity index (χ3n) is 2.15. The minimum absolute atomic E-state index is 0.270. The molecule has 1 unspecified atom stereocenters. The molecule has 1 atom stereocenters. The molecule has 1 amide bonds. The second-order valence-corrected chi connectivity index (χ2v) is 3.50. The van der Waals surface area contributed by atoms with E-state index < -0.39 is 11.9 Å². The molecule has 5 nitrogen and oxygen atoms in total. The van der Waals surface area contributed by atoms with Crippen molar-refractivity contribution in [3.05, 3.63) is 22.8 Å². The van der Waals surface area contributed by atoms with Crippen molar-refractivity contribution in [1.82, 2.24) is 5.43 Å². The first kappa shape index (κ1) is 9.92. The highest BCUT2D eigenvalue weighted by Gasteiger charge is 2.35. The van der Waals surface area contributed by atoms with Gasteiger partial charge >= 0.3 is 5.97 Å². The number of amides is 1. The number of fused-ring (bicyclic) bond motifs is 1. The summed E-state index contributed by atoms with van der Waals surface area (Å²) in [6, 6.07) is 0. The first-order valence-corrected chi connectivity index (χ1v) is 4.56. The Hall–Kier alpha value is -1.62. The van der Waals surface area contributed by atoms with Gasteiger partial charge in [0, 0.05) is 5.03 Å². The summed E-state index contributed by atoms with van der Waals surface area (Å²) in [6.45, 7) is 0. The van der Waals surface area contributed by atoms with Gasteiger partial charge in [0.05, 0.1) is 18.4 Å². The summed E-state index contributed by atoms with van der Waals surface area (Å²) >= 11 is 5.88. The van der Waals surface area contributed by atoms with E-state index in [1.54, 1.807) is 0 Å². The highest BCUT2D eigenvalue weighted by molar-refractivity contribution is 6.37. The van der Waals surface area contributed by atoms with Crippen molar-refractivity contribution >= 4 is 29.2 Å². The molecule has 1 N–H and O–H groups in total. The van der Waals surface area contributed by atoms with E-state index in [0.717, 1.165) is 0 Å². The van der Waals surface area contributed by atoms with Gasteiger partial charge in [0.1, 0.15) is 5.92 Å². The standard InChI is InChI=1S/C9H7ClN2O3/c1-15-9(14)4-2-5(10)7-6(3-4)11-12-8(7)13/h2-3,7H,1H3,(H,12,13). The Kier molecular flexibility index (Phi) is 2.32. The lowest BCUT2D eigenvalue weighted by Crippen LogP contribution is -2.25. The number of allylic oxidation sites excluding steroid dienone is 1. The van der Waals surface area contributed by atoms with Crippen LogP contribution in [0.2, 0.25) is 0 Å². The molecule has 0 spiro atoms. The number of esters is 1. The fourth-order valence-electron chi connectivity index (χ4n) is 1.43. The van der Waals surface area contributed by atoms with Crippen LogP contribution in [0.15, 0.2) is 27.9 Å². The van der Waals surface area contributed by atoms with E-state index in [9.17, 15) is 9.59 Å². The summed E-state index contributed by atoms with van der Waals surface area (Å²) in [5.74, 6) is -1.37. The number of hydrogen-bond acceptors (Lipinski definition) is 4. The summed E-state index contributed by atoms with van der Waals surface area (Å²) < 4.78 is 4.54. The molecule has 0 radical (unpaired) electrons. The molecule has 1 aliphatic carbocycles. The van der Waals surface area contributed by atoms with Gasteiger partial charge in [0.2, 0.25) is 0 Å². The fourth-order valence-corrected chi connectivity index (χ4v) is 1.76. The number of hydrazone groups is 1. The molecule has 1 aliphatic heterocycles. The van der Waals surface area contributed by atoms with Crippen LogP contribution in [-0.2, 0) is 14.3 Å². The van der Waals surface area contributed by atoms with E-state index in [2.05, 4.69) is 15.3 Å².